The van der Waals surface area contributed by atoms with Crippen molar-refractivity contribution >= 4 is 0 Å². The highest BCUT2D eigenvalue weighted by Crippen LogP contribution is 2.42. The van der Waals surface area contributed by atoms with E-state index in [1.165, 1.54) is 6.07 Å². The lowest BCUT2D eigenvalue weighted by Gasteiger charge is -2.22. The van der Waals surface area contributed by atoms with Crippen molar-refractivity contribution in [3.05, 3.63) is 79.1 Å². The topological polar surface area (TPSA) is 125 Å². The van der Waals surface area contributed by atoms with E-state index in [1.54, 1.807) is 32.0 Å². The maximum atomic E-state index is 12.7. The molecule has 28 heavy (non-hydrogen) atoms. The molecular weight excluding hydrogens is 364 g/mol. The Labute approximate surface area is 159 Å². The zero-order valence-corrected chi connectivity index (χ0v) is 15.2. The Morgan fingerprint density at radius 2 is 1.64 bits per heavy atom. The Balaban J connectivity index is 2.03. The minimum atomic E-state index is -0.851. The summed E-state index contributed by atoms with van der Waals surface area (Å²) < 4.78 is 10.8. The number of aromatic hydroxyl groups is 2. The Kier molecular flexibility index (Phi) is 4.11. The predicted octanol–water partition coefficient (Wildman–Crippen LogP) is 2.00. The molecule has 144 valence electrons. The Hall–Kier alpha value is -3.68. The normalized spacial score (nSPS) is 13.5. The Bertz CT molecular complexity index is 1170. The SMILES string of the molecule is Cc1cc(O)c(C(c2ccc3c(c2)OCO3)c2c(O)cc(=O)[nH]c2C)c(=O)[nH]1. The molecule has 0 saturated heterocycles. The van der Waals surface area contributed by atoms with Gasteiger partial charge in [-0.3, -0.25) is 9.59 Å². The number of benzene rings is 1. The van der Waals surface area contributed by atoms with Gasteiger partial charge in [-0.2, -0.15) is 0 Å². The molecule has 0 fully saturated rings. The predicted molar refractivity (Wildman–Crippen MR) is 100 cm³/mol. The third-order valence-corrected chi connectivity index (χ3v) is 4.75. The van der Waals surface area contributed by atoms with Gasteiger partial charge >= 0.3 is 0 Å². The van der Waals surface area contributed by atoms with Gasteiger partial charge in [-0.05, 0) is 37.6 Å². The largest absolute Gasteiger partial charge is 0.507 e. The van der Waals surface area contributed by atoms with Crippen molar-refractivity contribution in [1.82, 2.24) is 9.97 Å². The van der Waals surface area contributed by atoms with Gasteiger partial charge in [0.05, 0.1) is 5.56 Å². The standard InChI is InChI=1S/C20H18N2O6/c1-9-5-12(23)19(20(26)21-9)18(17-10(2)22-16(25)7-13(17)24)11-3-4-14-15(6-11)28-8-27-14/h3-7,18H,8H2,1-2H3,(H2,21,23,26)(H2,22,24,25). The van der Waals surface area contributed by atoms with E-state index in [0.717, 1.165) is 6.07 Å². The molecule has 3 aromatic rings. The Morgan fingerprint density at radius 3 is 2.36 bits per heavy atom. The molecule has 1 aliphatic heterocycles. The molecule has 0 saturated carbocycles. The summed E-state index contributed by atoms with van der Waals surface area (Å²) in [4.78, 5) is 29.8. The summed E-state index contributed by atoms with van der Waals surface area (Å²) in [6.07, 6.45) is 0. The highest BCUT2D eigenvalue weighted by molar-refractivity contribution is 5.56. The van der Waals surface area contributed by atoms with Crippen molar-refractivity contribution in [3.63, 3.8) is 0 Å². The molecule has 8 nitrogen and oxygen atoms in total. The van der Waals surface area contributed by atoms with Gasteiger partial charge < -0.3 is 29.7 Å². The Morgan fingerprint density at radius 1 is 0.929 bits per heavy atom. The number of ether oxygens (including phenoxy) is 2. The van der Waals surface area contributed by atoms with Gasteiger partial charge in [-0.1, -0.05) is 6.07 Å². The van der Waals surface area contributed by atoms with Crippen LogP contribution >= 0.6 is 0 Å². The van der Waals surface area contributed by atoms with Gasteiger partial charge in [0.1, 0.15) is 11.5 Å². The number of fused-ring (bicyclic) bond motifs is 1. The number of H-pyrrole nitrogens is 2. The molecule has 3 heterocycles. The van der Waals surface area contributed by atoms with Crippen molar-refractivity contribution in [2.75, 3.05) is 6.79 Å². The summed E-state index contributed by atoms with van der Waals surface area (Å²) in [5, 5.41) is 21.1. The van der Waals surface area contributed by atoms with Gasteiger partial charge in [0, 0.05) is 28.9 Å². The second-order valence-electron chi connectivity index (χ2n) is 6.68. The smallest absolute Gasteiger partial charge is 0.256 e. The first kappa shape index (κ1) is 17.7. The number of nitrogens with one attached hydrogen (secondary N) is 2. The summed E-state index contributed by atoms with van der Waals surface area (Å²) in [5.41, 5.74) is 0.859. The first-order valence-electron chi connectivity index (χ1n) is 8.60. The maximum absolute atomic E-state index is 12.7. The van der Waals surface area contributed by atoms with Crippen LogP contribution in [0.3, 0.4) is 0 Å². The van der Waals surface area contributed by atoms with E-state index in [2.05, 4.69) is 9.97 Å². The maximum Gasteiger partial charge on any atom is 0.256 e. The quantitative estimate of drug-likeness (QED) is 0.549. The first-order chi connectivity index (χ1) is 13.3. The highest BCUT2D eigenvalue weighted by Gasteiger charge is 2.29. The average molecular weight is 382 g/mol. The van der Waals surface area contributed by atoms with E-state index in [0.29, 0.717) is 34.0 Å². The van der Waals surface area contributed by atoms with Crippen molar-refractivity contribution in [1.29, 1.82) is 0 Å². The summed E-state index contributed by atoms with van der Waals surface area (Å²) in [7, 11) is 0. The van der Waals surface area contributed by atoms with E-state index in [4.69, 9.17) is 9.47 Å². The number of aromatic amines is 2. The van der Waals surface area contributed by atoms with E-state index in [-0.39, 0.29) is 23.9 Å². The lowest BCUT2D eigenvalue weighted by atomic mass is 9.83. The van der Waals surface area contributed by atoms with Gasteiger partial charge in [-0.15, -0.1) is 0 Å². The molecular formula is C20H18N2O6. The number of hydrogen-bond acceptors (Lipinski definition) is 6. The number of hydrogen-bond donors (Lipinski definition) is 4. The minimum Gasteiger partial charge on any atom is -0.507 e. The molecule has 0 bridgehead atoms. The van der Waals surface area contributed by atoms with E-state index in [1.807, 2.05) is 0 Å². The second-order valence-corrected chi connectivity index (χ2v) is 6.68. The van der Waals surface area contributed by atoms with Crippen LogP contribution in [0.15, 0.2) is 39.9 Å². The first-order valence-corrected chi connectivity index (χ1v) is 8.60. The van der Waals surface area contributed by atoms with Gasteiger partial charge in [0.2, 0.25) is 6.79 Å². The van der Waals surface area contributed by atoms with Crippen LogP contribution in [0.5, 0.6) is 23.0 Å². The number of rotatable bonds is 3. The summed E-state index contributed by atoms with van der Waals surface area (Å²) in [6, 6.07) is 7.59. The number of aromatic nitrogens is 2. The van der Waals surface area contributed by atoms with Gasteiger partial charge in [-0.25, -0.2) is 0 Å². The van der Waals surface area contributed by atoms with Gasteiger partial charge in [0.15, 0.2) is 11.5 Å². The van der Waals surface area contributed by atoms with E-state index in [9.17, 15) is 19.8 Å². The van der Waals surface area contributed by atoms with Crippen LogP contribution in [0.2, 0.25) is 0 Å². The number of aryl methyl sites for hydroxylation is 2. The lowest BCUT2D eigenvalue weighted by molar-refractivity contribution is 0.174. The molecule has 1 aliphatic rings. The molecule has 1 atom stereocenters. The van der Waals surface area contributed by atoms with E-state index >= 15 is 0 Å². The molecule has 4 rings (SSSR count). The van der Waals surface area contributed by atoms with E-state index < -0.39 is 17.0 Å². The van der Waals surface area contributed by atoms with Crippen molar-refractivity contribution in [3.8, 4) is 23.0 Å². The molecule has 0 radical (unpaired) electrons. The summed E-state index contributed by atoms with van der Waals surface area (Å²) in [6.45, 7) is 3.36. The summed E-state index contributed by atoms with van der Waals surface area (Å²) in [5.74, 6) is -0.285. The molecule has 1 aromatic carbocycles. The highest BCUT2D eigenvalue weighted by atomic mass is 16.7. The molecule has 0 amide bonds. The van der Waals surface area contributed by atoms with Crippen LogP contribution in [0.1, 0.15) is 34.0 Å². The molecule has 1 unspecified atom stereocenters. The number of pyridine rings is 2. The van der Waals surface area contributed by atoms with Crippen molar-refractivity contribution in [2.24, 2.45) is 0 Å². The van der Waals surface area contributed by atoms with Crippen LogP contribution < -0.4 is 20.6 Å². The summed E-state index contributed by atoms with van der Waals surface area (Å²) >= 11 is 0. The monoisotopic (exact) mass is 382 g/mol. The van der Waals surface area contributed by atoms with Crippen LogP contribution in [0.4, 0.5) is 0 Å². The van der Waals surface area contributed by atoms with Crippen LogP contribution in [0.25, 0.3) is 0 Å². The molecule has 0 aliphatic carbocycles. The zero-order valence-electron chi connectivity index (χ0n) is 15.2. The van der Waals surface area contributed by atoms with Crippen molar-refractivity contribution < 1.29 is 19.7 Å². The van der Waals surface area contributed by atoms with Crippen molar-refractivity contribution in [2.45, 2.75) is 19.8 Å². The van der Waals surface area contributed by atoms with Crippen LogP contribution in [-0.4, -0.2) is 27.0 Å². The zero-order chi connectivity index (χ0) is 20.0. The lowest BCUT2D eigenvalue weighted by Crippen LogP contribution is -2.21. The second kappa shape index (κ2) is 6.49. The van der Waals surface area contributed by atoms with Crippen LogP contribution in [-0.2, 0) is 0 Å². The minimum absolute atomic E-state index is 0.0508. The third kappa shape index (κ3) is 2.88. The fraction of sp³-hybridized carbons (Fsp3) is 0.200. The third-order valence-electron chi connectivity index (χ3n) is 4.75. The fourth-order valence-corrected chi connectivity index (χ4v) is 3.58. The molecule has 4 N–H and O–H groups in total. The van der Waals surface area contributed by atoms with Crippen LogP contribution in [0, 0.1) is 13.8 Å². The average Bonchev–Trinajstić information content (AvgIpc) is 3.06. The fourth-order valence-electron chi connectivity index (χ4n) is 3.58. The molecule has 2 aromatic heterocycles. The molecule has 8 heteroatoms. The molecule has 0 spiro atoms. The van der Waals surface area contributed by atoms with Gasteiger partial charge in [0.25, 0.3) is 11.1 Å².